The first-order valence-electron chi connectivity index (χ1n) is 14.8. The summed E-state index contributed by atoms with van der Waals surface area (Å²) < 4.78 is 6.17. The van der Waals surface area contributed by atoms with Crippen LogP contribution in [-0.4, -0.2) is 58.1 Å². The molecule has 0 spiro atoms. The van der Waals surface area contributed by atoms with E-state index < -0.39 is 0 Å². The molecule has 0 aliphatic carbocycles. The van der Waals surface area contributed by atoms with Crippen molar-refractivity contribution in [2.24, 2.45) is 0 Å². The van der Waals surface area contributed by atoms with Crippen molar-refractivity contribution in [1.82, 2.24) is 19.8 Å². The lowest BCUT2D eigenvalue weighted by molar-refractivity contribution is 0.171. The number of anilines is 2. The first-order valence-corrected chi connectivity index (χ1v) is 14.8. The molecule has 3 N–H and O–H groups in total. The number of rotatable bonds is 16. The van der Waals surface area contributed by atoms with Gasteiger partial charge in [-0.05, 0) is 90.6 Å². The number of hydrogen-bond donors (Lipinski definition) is 2. The lowest BCUT2D eigenvalue weighted by Crippen LogP contribution is -2.39. The Morgan fingerprint density at radius 2 is 1.74 bits per heavy atom. The monoisotopic (exact) mass is 524 g/mol. The normalized spacial score (nSPS) is 14.6. The van der Waals surface area contributed by atoms with Crippen LogP contribution in [0.15, 0.2) is 24.3 Å². The van der Waals surface area contributed by atoms with Gasteiger partial charge in [0.25, 0.3) is 0 Å². The molecular weight excluding hydrogens is 472 g/mol. The van der Waals surface area contributed by atoms with E-state index in [-0.39, 0.29) is 11.5 Å². The maximum Gasteiger partial charge on any atom is 0.225 e. The van der Waals surface area contributed by atoms with Gasteiger partial charge in [-0.1, -0.05) is 51.0 Å². The van der Waals surface area contributed by atoms with Gasteiger partial charge in [0, 0.05) is 24.7 Å². The van der Waals surface area contributed by atoms with Crippen LogP contribution in [0.4, 0.5) is 11.8 Å². The molecule has 7 heteroatoms. The Labute approximate surface area is 231 Å². The van der Waals surface area contributed by atoms with Crippen LogP contribution in [0.1, 0.15) is 96.3 Å². The number of benzene rings is 1. The van der Waals surface area contributed by atoms with Gasteiger partial charge in [-0.15, -0.1) is 0 Å². The van der Waals surface area contributed by atoms with E-state index in [2.05, 4.69) is 86.0 Å². The zero-order valence-corrected chi connectivity index (χ0v) is 24.9. The van der Waals surface area contributed by atoms with Gasteiger partial charge in [0.1, 0.15) is 5.82 Å². The number of nitrogens with zero attached hydrogens (tertiary/aromatic N) is 4. The molecule has 0 fully saturated rings. The molecule has 1 aromatic heterocycles. The van der Waals surface area contributed by atoms with Crippen LogP contribution >= 0.6 is 0 Å². The summed E-state index contributed by atoms with van der Waals surface area (Å²) >= 11 is 0. The lowest BCUT2D eigenvalue weighted by atomic mass is 10.0. The SMILES string of the molecule is CCCCOc1nc(N)nc(NC(CCC)CCCN(C)C(C)(C)C)c1CCCN1Cc2ccccc2C1. The second kappa shape index (κ2) is 14.7. The van der Waals surface area contributed by atoms with E-state index in [1.165, 1.54) is 11.1 Å². The quantitative estimate of drug-likeness (QED) is 0.250. The maximum atomic E-state index is 6.19. The Kier molecular flexibility index (Phi) is 11.7. The molecule has 1 atom stereocenters. The average molecular weight is 525 g/mol. The molecule has 2 heterocycles. The lowest BCUT2D eigenvalue weighted by Gasteiger charge is -2.32. The molecule has 0 amide bonds. The third kappa shape index (κ3) is 9.12. The molecule has 0 saturated heterocycles. The van der Waals surface area contributed by atoms with Crippen LogP contribution < -0.4 is 15.8 Å². The van der Waals surface area contributed by atoms with Crippen LogP contribution in [-0.2, 0) is 19.5 Å². The maximum absolute atomic E-state index is 6.19. The Morgan fingerprint density at radius 3 is 2.37 bits per heavy atom. The smallest absolute Gasteiger partial charge is 0.225 e. The van der Waals surface area contributed by atoms with E-state index in [1.54, 1.807) is 0 Å². The fourth-order valence-corrected chi connectivity index (χ4v) is 5.04. The molecule has 2 aromatic rings. The molecule has 212 valence electrons. The van der Waals surface area contributed by atoms with E-state index in [9.17, 15) is 0 Å². The van der Waals surface area contributed by atoms with Gasteiger partial charge >= 0.3 is 0 Å². The van der Waals surface area contributed by atoms with Crippen LogP contribution in [0, 0.1) is 0 Å². The van der Waals surface area contributed by atoms with E-state index in [4.69, 9.17) is 15.5 Å². The highest BCUT2D eigenvalue weighted by Gasteiger charge is 2.22. The molecule has 0 bridgehead atoms. The molecule has 1 aliphatic rings. The molecule has 7 nitrogen and oxygen atoms in total. The summed E-state index contributed by atoms with van der Waals surface area (Å²) in [5.41, 5.74) is 10.3. The highest BCUT2D eigenvalue weighted by molar-refractivity contribution is 5.53. The van der Waals surface area contributed by atoms with Gasteiger partial charge in [-0.2, -0.15) is 9.97 Å². The minimum absolute atomic E-state index is 0.184. The van der Waals surface area contributed by atoms with Crippen molar-refractivity contribution in [3.63, 3.8) is 0 Å². The van der Waals surface area contributed by atoms with Gasteiger partial charge in [-0.25, -0.2) is 0 Å². The number of hydrogen-bond acceptors (Lipinski definition) is 7. The Balaban J connectivity index is 1.69. The largest absolute Gasteiger partial charge is 0.477 e. The summed E-state index contributed by atoms with van der Waals surface area (Å²) in [6.07, 6.45) is 8.42. The summed E-state index contributed by atoms with van der Waals surface area (Å²) in [4.78, 5) is 14.2. The number of ether oxygens (including phenoxy) is 1. The molecule has 1 aliphatic heterocycles. The molecule has 0 saturated carbocycles. The van der Waals surface area contributed by atoms with Gasteiger partial charge in [0.05, 0.1) is 12.2 Å². The second-order valence-corrected chi connectivity index (χ2v) is 11.9. The fourth-order valence-electron chi connectivity index (χ4n) is 5.04. The molecule has 1 aromatic carbocycles. The first-order chi connectivity index (χ1) is 18.2. The van der Waals surface area contributed by atoms with Gasteiger partial charge < -0.3 is 20.7 Å². The summed E-state index contributed by atoms with van der Waals surface area (Å²) in [5, 5.41) is 3.78. The number of unbranched alkanes of at least 4 members (excludes halogenated alkanes) is 1. The van der Waals surface area contributed by atoms with Crippen LogP contribution in [0.3, 0.4) is 0 Å². The van der Waals surface area contributed by atoms with Gasteiger partial charge in [0.15, 0.2) is 0 Å². The van der Waals surface area contributed by atoms with Crippen molar-refractivity contribution < 1.29 is 4.74 Å². The third-order valence-corrected chi connectivity index (χ3v) is 7.70. The van der Waals surface area contributed by atoms with Crippen LogP contribution in [0.25, 0.3) is 0 Å². The van der Waals surface area contributed by atoms with Crippen molar-refractivity contribution in [3.8, 4) is 5.88 Å². The van der Waals surface area contributed by atoms with Gasteiger partial charge in [0.2, 0.25) is 11.8 Å². The Hall–Kier alpha value is -2.38. The molecule has 38 heavy (non-hydrogen) atoms. The van der Waals surface area contributed by atoms with Crippen molar-refractivity contribution >= 4 is 11.8 Å². The minimum Gasteiger partial charge on any atom is -0.477 e. The predicted octanol–water partition coefficient (Wildman–Crippen LogP) is 6.28. The number of aromatic nitrogens is 2. The van der Waals surface area contributed by atoms with E-state index in [0.717, 1.165) is 88.9 Å². The first kappa shape index (κ1) is 30.2. The highest BCUT2D eigenvalue weighted by atomic mass is 16.5. The number of nitrogen functional groups attached to an aromatic ring is 1. The predicted molar refractivity (Wildman–Crippen MR) is 160 cm³/mol. The minimum atomic E-state index is 0.184. The molecule has 1 unspecified atom stereocenters. The molecule has 3 rings (SSSR count). The van der Waals surface area contributed by atoms with Crippen molar-refractivity contribution in [1.29, 1.82) is 0 Å². The van der Waals surface area contributed by atoms with Crippen molar-refractivity contribution in [2.45, 2.75) is 111 Å². The number of nitrogens with one attached hydrogen (secondary N) is 1. The zero-order chi connectivity index (χ0) is 27.5. The Bertz CT molecular complexity index is 964. The Morgan fingerprint density at radius 1 is 1.03 bits per heavy atom. The topological polar surface area (TPSA) is 79.5 Å². The third-order valence-electron chi connectivity index (χ3n) is 7.70. The average Bonchev–Trinajstić information content (AvgIpc) is 3.28. The summed E-state index contributed by atoms with van der Waals surface area (Å²) in [5.74, 6) is 1.79. The van der Waals surface area contributed by atoms with E-state index >= 15 is 0 Å². The second-order valence-electron chi connectivity index (χ2n) is 11.9. The van der Waals surface area contributed by atoms with E-state index in [0.29, 0.717) is 18.5 Å². The van der Waals surface area contributed by atoms with E-state index in [1.807, 2.05) is 0 Å². The van der Waals surface area contributed by atoms with Gasteiger partial charge in [-0.3, -0.25) is 4.90 Å². The fraction of sp³-hybridized carbons (Fsp3) is 0.677. The summed E-state index contributed by atoms with van der Waals surface area (Å²) in [6, 6.07) is 9.12. The molecule has 0 radical (unpaired) electrons. The standard InChI is InChI=1S/C31H52N6O/c1-7-9-21-38-29-27(18-13-20-37-22-24-15-10-11-16-25(24)23-37)28(34-30(32)35-29)33-26(14-8-2)17-12-19-36(6)31(3,4)5/h10-11,15-16,26H,7-9,12-14,17-23H2,1-6H3,(H3,32,33,34,35). The summed E-state index contributed by atoms with van der Waals surface area (Å²) in [6.45, 7) is 16.0. The number of fused-ring (bicyclic) bond motifs is 1. The van der Waals surface area contributed by atoms with Crippen molar-refractivity contribution in [2.75, 3.05) is 37.8 Å². The van der Waals surface area contributed by atoms with Crippen molar-refractivity contribution in [3.05, 3.63) is 41.0 Å². The molecular formula is C31H52N6O. The van der Waals surface area contributed by atoms with Crippen LogP contribution in [0.2, 0.25) is 0 Å². The summed E-state index contributed by atoms with van der Waals surface area (Å²) in [7, 11) is 2.21. The van der Waals surface area contributed by atoms with Crippen LogP contribution in [0.5, 0.6) is 5.88 Å². The number of nitrogens with two attached hydrogens (primary N) is 1. The zero-order valence-electron chi connectivity index (χ0n) is 24.9. The highest BCUT2D eigenvalue weighted by Crippen LogP contribution is 2.29.